The van der Waals surface area contributed by atoms with Crippen molar-refractivity contribution in [1.82, 2.24) is 5.32 Å². The molecular weight excluding hydrogens is 355 g/mol. The van der Waals surface area contributed by atoms with E-state index in [0.29, 0.717) is 17.0 Å². The van der Waals surface area contributed by atoms with Gasteiger partial charge in [0.05, 0.1) is 0 Å². The fraction of sp³-hybridized carbons (Fsp3) is 0.211. The van der Waals surface area contributed by atoms with E-state index in [2.05, 4.69) is 10.6 Å². The van der Waals surface area contributed by atoms with Crippen LogP contribution in [0.25, 0.3) is 0 Å². The second kappa shape index (κ2) is 9.33. The average molecular weight is 374 g/mol. The van der Waals surface area contributed by atoms with Crippen molar-refractivity contribution >= 4 is 23.5 Å². The predicted molar refractivity (Wildman–Crippen MR) is 95.9 cm³/mol. The van der Waals surface area contributed by atoms with Gasteiger partial charge in [-0.25, -0.2) is 9.18 Å². The number of amides is 2. The Labute approximate surface area is 155 Å². The molecule has 2 rings (SSSR count). The lowest BCUT2D eigenvalue weighted by Crippen LogP contribution is -2.29. The maximum Gasteiger partial charge on any atom is 0.347 e. The predicted octanol–water partition coefficient (Wildman–Crippen LogP) is 2.13. The van der Waals surface area contributed by atoms with Crippen LogP contribution in [-0.4, -0.2) is 37.5 Å². The molecule has 2 N–H and O–H groups in total. The Kier molecular flexibility index (Phi) is 6.87. The van der Waals surface area contributed by atoms with Crippen LogP contribution in [0.2, 0.25) is 0 Å². The molecule has 0 aliphatic carbocycles. The lowest BCUT2D eigenvalue weighted by Gasteiger charge is -2.14. The number of hydrogen-bond donors (Lipinski definition) is 2. The highest BCUT2D eigenvalue weighted by Gasteiger charge is 2.18. The Morgan fingerprint density at radius 3 is 2.48 bits per heavy atom. The molecular formula is C19H19FN2O5. The largest absolute Gasteiger partial charge is 0.479 e. The first-order valence-electron chi connectivity index (χ1n) is 8.10. The molecule has 8 heteroatoms. The van der Waals surface area contributed by atoms with Gasteiger partial charge in [0.2, 0.25) is 0 Å². The highest BCUT2D eigenvalue weighted by atomic mass is 19.1. The number of halogens is 1. The molecule has 0 spiro atoms. The number of anilines is 1. The monoisotopic (exact) mass is 374 g/mol. The quantitative estimate of drug-likeness (QED) is 0.724. The van der Waals surface area contributed by atoms with Crippen molar-refractivity contribution in [3.05, 3.63) is 59.9 Å². The average Bonchev–Trinajstić information content (AvgIpc) is 2.67. The van der Waals surface area contributed by atoms with Crippen molar-refractivity contribution in [3.8, 4) is 5.75 Å². The van der Waals surface area contributed by atoms with Crippen LogP contribution >= 0.6 is 0 Å². The van der Waals surface area contributed by atoms with Crippen LogP contribution in [-0.2, 0) is 14.3 Å². The molecule has 2 aromatic rings. The summed E-state index contributed by atoms with van der Waals surface area (Å²) in [5, 5.41) is 5.01. The molecule has 7 nitrogen and oxygen atoms in total. The number of esters is 1. The van der Waals surface area contributed by atoms with Gasteiger partial charge in [0.25, 0.3) is 11.8 Å². The number of nitrogens with one attached hydrogen (secondary N) is 2. The number of benzene rings is 2. The molecule has 142 valence electrons. The zero-order chi connectivity index (χ0) is 19.8. The van der Waals surface area contributed by atoms with Crippen LogP contribution < -0.4 is 15.4 Å². The van der Waals surface area contributed by atoms with Crippen LogP contribution in [0.1, 0.15) is 17.3 Å². The van der Waals surface area contributed by atoms with E-state index in [1.165, 1.54) is 44.3 Å². The number of ether oxygens (including phenoxy) is 2. The molecule has 0 saturated carbocycles. The first-order valence-corrected chi connectivity index (χ1v) is 8.10. The highest BCUT2D eigenvalue weighted by molar-refractivity contribution is 5.97. The summed E-state index contributed by atoms with van der Waals surface area (Å²) in [4.78, 5) is 35.4. The third-order valence-electron chi connectivity index (χ3n) is 3.44. The molecule has 1 atom stereocenters. The topological polar surface area (TPSA) is 93.7 Å². The molecule has 0 bridgehead atoms. The third-order valence-corrected chi connectivity index (χ3v) is 3.44. The van der Waals surface area contributed by atoms with E-state index >= 15 is 0 Å². The zero-order valence-electron chi connectivity index (χ0n) is 14.8. The Hall–Kier alpha value is -3.42. The first kappa shape index (κ1) is 19.9. The molecule has 0 radical (unpaired) electrons. The molecule has 2 amide bonds. The van der Waals surface area contributed by atoms with Crippen LogP contribution in [0.5, 0.6) is 5.75 Å². The lowest BCUT2D eigenvalue weighted by molar-refractivity contribution is -0.153. The fourth-order valence-corrected chi connectivity index (χ4v) is 2.10. The SMILES string of the molecule is CNC(=O)c1cccc(NC(=O)COC(=O)[C@H](C)Oc2ccc(F)cc2)c1. The summed E-state index contributed by atoms with van der Waals surface area (Å²) >= 11 is 0. The van der Waals surface area contributed by atoms with Gasteiger partial charge in [0.1, 0.15) is 11.6 Å². The number of carbonyl (C=O) groups is 3. The van der Waals surface area contributed by atoms with Crippen molar-refractivity contribution < 1.29 is 28.2 Å². The molecule has 0 unspecified atom stereocenters. The van der Waals surface area contributed by atoms with E-state index in [4.69, 9.17) is 9.47 Å². The minimum atomic E-state index is -0.972. The Morgan fingerprint density at radius 1 is 1.11 bits per heavy atom. The summed E-state index contributed by atoms with van der Waals surface area (Å²) in [5.41, 5.74) is 0.779. The lowest BCUT2D eigenvalue weighted by atomic mass is 10.2. The summed E-state index contributed by atoms with van der Waals surface area (Å²) in [5.74, 6) is -1.71. The van der Waals surface area contributed by atoms with Crippen LogP contribution in [0.15, 0.2) is 48.5 Å². The first-order chi connectivity index (χ1) is 12.9. The van der Waals surface area contributed by atoms with Gasteiger partial charge in [0, 0.05) is 18.3 Å². The van der Waals surface area contributed by atoms with E-state index in [1.54, 1.807) is 18.2 Å². The second-order valence-corrected chi connectivity index (χ2v) is 5.53. The van der Waals surface area contributed by atoms with E-state index in [0.717, 1.165) is 0 Å². The van der Waals surface area contributed by atoms with Gasteiger partial charge in [-0.05, 0) is 49.4 Å². The van der Waals surface area contributed by atoms with Gasteiger partial charge in [-0.2, -0.15) is 0 Å². The minimum absolute atomic E-state index is 0.288. The summed E-state index contributed by atoms with van der Waals surface area (Å²) in [6, 6.07) is 11.5. The fourth-order valence-electron chi connectivity index (χ4n) is 2.10. The summed E-state index contributed by atoms with van der Waals surface area (Å²) in [7, 11) is 1.50. The molecule has 2 aromatic carbocycles. The third kappa shape index (κ3) is 6.10. The van der Waals surface area contributed by atoms with Crippen molar-refractivity contribution in [2.24, 2.45) is 0 Å². The standard InChI is InChI=1S/C19H19FN2O5/c1-12(27-16-8-6-14(20)7-9-16)19(25)26-11-17(23)22-15-5-3-4-13(10-15)18(24)21-2/h3-10,12H,11H2,1-2H3,(H,21,24)(H,22,23)/t12-/m0/s1. The molecule has 0 aliphatic heterocycles. The number of rotatable bonds is 7. The minimum Gasteiger partial charge on any atom is -0.479 e. The van der Waals surface area contributed by atoms with E-state index in [9.17, 15) is 18.8 Å². The molecule has 0 saturated heterocycles. The Bertz CT molecular complexity index is 823. The highest BCUT2D eigenvalue weighted by Crippen LogP contribution is 2.14. The van der Waals surface area contributed by atoms with Crippen LogP contribution in [0.3, 0.4) is 0 Å². The van der Waals surface area contributed by atoms with Gasteiger partial charge in [-0.3, -0.25) is 9.59 Å². The normalized spacial score (nSPS) is 11.2. The molecule has 27 heavy (non-hydrogen) atoms. The molecule has 0 fully saturated rings. The van der Waals surface area contributed by atoms with Crippen molar-refractivity contribution in [2.45, 2.75) is 13.0 Å². The summed E-state index contributed by atoms with van der Waals surface area (Å²) in [6.45, 7) is 0.941. The molecule has 0 aliphatic rings. The van der Waals surface area contributed by atoms with Crippen LogP contribution in [0, 0.1) is 5.82 Å². The van der Waals surface area contributed by atoms with E-state index in [-0.39, 0.29) is 5.91 Å². The summed E-state index contributed by atoms with van der Waals surface area (Å²) in [6.07, 6.45) is -0.972. The Balaban J connectivity index is 1.83. The van der Waals surface area contributed by atoms with E-state index in [1.807, 2.05) is 0 Å². The van der Waals surface area contributed by atoms with Crippen molar-refractivity contribution in [1.29, 1.82) is 0 Å². The zero-order valence-corrected chi connectivity index (χ0v) is 14.8. The number of hydrogen-bond acceptors (Lipinski definition) is 5. The van der Waals surface area contributed by atoms with Gasteiger partial charge >= 0.3 is 5.97 Å². The molecule has 0 heterocycles. The summed E-state index contributed by atoms with van der Waals surface area (Å²) < 4.78 is 23.1. The van der Waals surface area contributed by atoms with Gasteiger partial charge in [0.15, 0.2) is 12.7 Å². The van der Waals surface area contributed by atoms with Crippen molar-refractivity contribution in [2.75, 3.05) is 19.0 Å². The van der Waals surface area contributed by atoms with E-state index < -0.39 is 30.4 Å². The van der Waals surface area contributed by atoms with Gasteiger partial charge < -0.3 is 20.1 Å². The van der Waals surface area contributed by atoms with Gasteiger partial charge in [-0.1, -0.05) is 6.07 Å². The van der Waals surface area contributed by atoms with Crippen molar-refractivity contribution in [3.63, 3.8) is 0 Å². The Morgan fingerprint density at radius 2 is 1.81 bits per heavy atom. The maximum atomic E-state index is 12.8. The van der Waals surface area contributed by atoms with Gasteiger partial charge in [-0.15, -0.1) is 0 Å². The number of carbonyl (C=O) groups excluding carboxylic acids is 3. The molecule has 0 aromatic heterocycles. The second-order valence-electron chi connectivity index (χ2n) is 5.53. The van der Waals surface area contributed by atoms with Crippen LogP contribution in [0.4, 0.5) is 10.1 Å². The smallest absolute Gasteiger partial charge is 0.347 e. The maximum absolute atomic E-state index is 12.8.